The summed E-state index contributed by atoms with van der Waals surface area (Å²) in [6.07, 6.45) is 2.83. The van der Waals surface area contributed by atoms with Gasteiger partial charge in [0, 0.05) is 0 Å². The smallest absolute Gasteiger partial charge is 0.309 e. The molecule has 1 aromatic rings. The van der Waals surface area contributed by atoms with Crippen molar-refractivity contribution in [1.82, 2.24) is 0 Å². The third kappa shape index (κ3) is 4.88. The fourth-order valence-corrected chi connectivity index (χ4v) is 2.06. The van der Waals surface area contributed by atoms with Crippen LogP contribution in [0.5, 0.6) is 0 Å². The molecular weight excluding hydrogens is 228 g/mol. The Kier molecular flexibility index (Phi) is 6.44. The van der Waals surface area contributed by atoms with Crippen LogP contribution in [-0.2, 0) is 11.2 Å². The predicted molar refractivity (Wildman–Crippen MR) is 71.4 cm³/mol. The number of carboxylic acid groups (broad SMARTS) is 1. The van der Waals surface area contributed by atoms with E-state index in [-0.39, 0.29) is 0 Å². The van der Waals surface area contributed by atoms with Crippen LogP contribution < -0.4 is 0 Å². The van der Waals surface area contributed by atoms with Gasteiger partial charge < -0.3 is 10.2 Å². The van der Waals surface area contributed by atoms with Crippen molar-refractivity contribution in [2.75, 3.05) is 0 Å². The second-order valence-electron chi connectivity index (χ2n) is 4.68. The van der Waals surface area contributed by atoms with Crippen LogP contribution in [0.3, 0.4) is 0 Å². The molecule has 0 fully saturated rings. The average molecular weight is 250 g/mol. The number of carboxylic acids is 1. The summed E-state index contributed by atoms with van der Waals surface area (Å²) in [6, 6.07) is 9.84. The molecule has 0 radical (unpaired) electrons. The summed E-state index contributed by atoms with van der Waals surface area (Å²) >= 11 is 0. The fourth-order valence-electron chi connectivity index (χ4n) is 2.06. The molecule has 0 amide bonds. The summed E-state index contributed by atoms with van der Waals surface area (Å²) in [5.41, 5.74) is 1.14. The molecule has 0 saturated heterocycles. The topological polar surface area (TPSA) is 57.5 Å². The number of benzene rings is 1. The number of aliphatic carboxylic acids is 1. The maximum atomic E-state index is 11.1. The Balaban J connectivity index is 2.46. The van der Waals surface area contributed by atoms with Crippen LogP contribution in [0.25, 0.3) is 0 Å². The molecular formula is C15H22O3. The molecule has 2 N–H and O–H groups in total. The molecule has 0 saturated carbocycles. The maximum Gasteiger partial charge on any atom is 0.309 e. The van der Waals surface area contributed by atoms with E-state index in [1.165, 1.54) is 0 Å². The van der Waals surface area contributed by atoms with Gasteiger partial charge >= 0.3 is 5.97 Å². The summed E-state index contributed by atoms with van der Waals surface area (Å²) in [5.74, 6) is -1.52. The molecule has 3 heteroatoms. The molecule has 2 unspecified atom stereocenters. The van der Waals surface area contributed by atoms with Crippen molar-refractivity contribution < 1.29 is 15.0 Å². The Morgan fingerprint density at radius 1 is 1.22 bits per heavy atom. The molecule has 0 heterocycles. The summed E-state index contributed by atoms with van der Waals surface area (Å²) in [5, 5.41) is 19.1. The molecule has 0 aliphatic rings. The second-order valence-corrected chi connectivity index (χ2v) is 4.68. The van der Waals surface area contributed by atoms with Crippen molar-refractivity contribution in [3.8, 4) is 0 Å². The molecule has 0 aliphatic heterocycles. The highest BCUT2D eigenvalue weighted by Crippen LogP contribution is 2.18. The largest absolute Gasteiger partial charge is 0.481 e. The van der Waals surface area contributed by atoms with Gasteiger partial charge in [-0.2, -0.15) is 0 Å². The van der Waals surface area contributed by atoms with Gasteiger partial charge in [-0.05, 0) is 24.8 Å². The third-order valence-electron chi connectivity index (χ3n) is 3.22. The van der Waals surface area contributed by atoms with Gasteiger partial charge in [0.15, 0.2) is 0 Å². The lowest BCUT2D eigenvalue weighted by Crippen LogP contribution is -2.28. The van der Waals surface area contributed by atoms with E-state index in [4.69, 9.17) is 5.11 Å². The van der Waals surface area contributed by atoms with E-state index in [9.17, 15) is 9.90 Å². The molecule has 18 heavy (non-hydrogen) atoms. The number of aliphatic hydroxyl groups excluding tert-OH is 1. The first-order chi connectivity index (χ1) is 8.65. The predicted octanol–water partition coefficient (Wildman–Crippen LogP) is 2.87. The van der Waals surface area contributed by atoms with Crippen molar-refractivity contribution in [2.45, 2.75) is 45.1 Å². The molecule has 0 bridgehead atoms. The Hall–Kier alpha value is -1.35. The number of aryl methyl sites for hydroxylation is 1. The van der Waals surface area contributed by atoms with Gasteiger partial charge in [-0.15, -0.1) is 0 Å². The Labute approximate surface area is 108 Å². The minimum atomic E-state index is -0.885. The molecule has 1 rings (SSSR count). The van der Waals surface area contributed by atoms with Gasteiger partial charge in [-0.3, -0.25) is 4.79 Å². The molecule has 1 aromatic carbocycles. The van der Waals surface area contributed by atoms with Crippen molar-refractivity contribution >= 4 is 5.97 Å². The molecule has 0 aliphatic carbocycles. The van der Waals surface area contributed by atoms with E-state index in [2.05, 4.69) is 0 Å². The SMILES string of the molecule is CCCCC(C(=O)O)C(O)CCc1ccccc1. The van der Waals surface area contributed by atoms with Crippen LogP contribution in [0.2, 0.25) is 0 Å². The van der Waals surface area contributed by atoms with E-state index in [1.54, 1.807) is 0 Å². The number of hydrogen-bond donors (Lipinski definition) is 2. The van der Waals surface area contributed by atoms with Crippen LogP contribution in [0.1, 0.15) is 38.2 Å². The lowest BCUT2D eigenvalue weighted by molar-refractivity contribution is -0.146. The summed E-state index contributed by atoms with van der Waals surface area (Å²) in [4.78, 5) is 11.1. The van der Waals surface area contributed by atoms with Crippen molar-refractivity contribution in [2.24, 2.45) is 5.92 Å². The number of unbranched alkanes of at least 4 members (excludes halogenated alkanes) is 1. The van der Waals surface area contributed by atoms with E-state index in [1.807, 2.05) is 37.3 Å². The first-order valence-corrected chi connectivity index (χ1v) is 6.60. The number of carbonyl (C=O) groups is 1. The fraction of sp³-hybridized carbons (Fsp3) is 0.533. The zero-order chi connectivity index (χ0) is 13.4. The normalized spacial score (nSPS) is 14.1. The van der Waals surface area contributed by atoms with Gasteiger partial charge in [-0.1, -0.05) is 50.1 Å². The molecule has 3 nitrogen and oxygen atoms in total. The van der Waals surface area contributed by atoms with Crippen molar-refractivity contribution in [3.63, 3.8) is 0 Å². The monoisotopic (exact) mass is 250 g/mol. The molecule has 0 aromatic heterocycles. The highest BCUT2D eigenvalue weighted by Gasteiger charge is 2.25. The number of rotatable bonds is 8. The average Bonchev–Trinajstić information content (AvgIpc) is 2.37. The van der Waals surface area contributed by atoms with E-state index >= 15 is 0 Å². The molecule has 0 spiro atoms. The molecule has 2 atom stereocenters. The summed E-state index contributed by atoms with van der Waals surface area (Å²) in [7, 11) is 0. The van der Waals surface area contributed by atoms with Gasteiger partial charge in [-0.25, -0.2) is 0 Å². The van der Waals surface area contributed by atoms with Gasteiger partial charge in [0.2, 0.25) is 0 Å². The lowest BCUT2D eigenvalue weighted by atomic mass is 9.92. The Morgan fingerprint density at radius 2 is 1.89 bits per heavy atom. The van der Waals surface area contributed by atoms with Crippen LogP contribution in [0, 0.1) is 5.92 Å². The van der Waals surface area contributed by atoms with Crippen LogP contribution >= 0.6 is 0 Å². The molecule has 100 valence electrons. The van der Waals surface area contributed by atoms with Gasteiger partial charge in [0.05, 0.1) is 12.0 Å². The highest BCUT2D eigenvalue weighted by molar-refractivity contribution is 5.70. The Morgan fingerprint density at radius 3 is 2.44 bits per heavy atom. The standard InChI is InChI=1S/C15H22O3/c1-2-3-9-13(15(17)18)14(16)11-10-12-7-5-4-6-8-12/h4-8,13-14,16H,2-3,9-11H2,1H3,(H,17,18). The minimum Gasteiger partial charge on any atom is -0.481 e. The third-order valence-corrected chi connectivity index (χ3v) is 3.22. The first-order valence-electron chi connectivity index (χ1n) is 6.60. The summed E-state index contributed by atoms with van der Waals surface area (Å²) in [6.45, 7) is 2.02. The number of aliphatic hydroxyl groups is 1. The van der Waals surface area contributed by atoms with Crippen LogP contribution in [-0.4, -0.2) is 22.3 Å². The zero-order valence-corrected chi connectivity index (χ0v) is 10.9. The second kappa shape index (κ2) is 7.88. The maximum absolute atomic E-state index is 11.1. The summed E-state index contributed by atoms with van der Waals surface area (Å²) < 4.78 is 0. The van der Waals surface area contributed by atoms with Crippen molar-refractivity contribution in [3.05, 3.63) is 35.9 Å². The van der Waals surface area contributed by atoms with Gasteiger partial charge in [0.25, 0.3) is 0 Å². The minimum absolute atomic E-state index is 0.505. The Bertz CT molecular complexity index is 348. The van der Waals surface area contributed by atoms with Crippen LogP contribution in [0.4, 0.5) is 0 Å². The zero-order valence-electron chi connectivity index (χ0n) is 10.9. The quantitative estimate of drug-likeness (QED) is 0.746. The van der Waals surface area contributed by atoms with E-state index in [0.29, 0.717) is 12.8 Å². The van der Waals surface area contributed by atoms with Gasteiger partial charge in [0.1, 0.15) is 0 Å². The lowest BCUT2D eigenvalue weighted by Gasteiger charge is -2.18. The first kappa shape index (κ1) is 14.7. The number of hydrogen-bond acceptors (Lipinski definition) is 2. The van der Waals surface area contributed by atoms with E-state index in [0.717, 1.165) is 24.8 Å². The van der Waals surface area contributed by atoms with Crippen LogP contribution in [0.15, 0.2) is 30.3 Å². The van der Waals surface area contributed by atoms with E-state index < -0.39 is 18.0 Å². The van der Waals surface area contributed by atoms with Crippen molar-refractivity contribution in [1.29, 1.82) is 0 Å². The highest BCUT2D eigenvalue weighted by atomic mass is 16.4.